The molecule has 0 aromatic heterocycles. The molecule has 2 rings (SSSR count). The van der Waals surface area contributed by atoms with Gasteiger partial charge in [-0.2, -0.15) is 13.2 Å². The number of rotatable bonds is 4. The van der Waals surface area contributed by atoms with E-state index in [2.05, 4.69) is 5.32 Å². The number of thioether (sulfide) groups is 1. The molecule has 0 radical (unpaired) electrons. The predicted octanol–water partition coefficient (Wildman–Crippen LogP) is 4.56. The van der Waals surface area contributed by atoms with Gasteiger partial charge in [-0.1, -0.05) is 0 Å². The minimum absolute atomic E-state index is 0.0356. The van der Waals surface area contributed by atoms with Crippen LogP contribution in [0.25, 0.3) is 0 Å². The van der Waals surface area contributed by atoms with Crippen molar-refractivity contribution in [2.45, 2.75) is 10.4 Å². The summed E-state index contributed by atoms with van der Waals surface area (Å²) in [4.78, 5) is 12.0. The van der Waals surface area contributed by atoms with E-state index in [9.17, 15) is 18.0 Å². The van der Waals surface area contributed by atoms with Gasteiger partial charge in [-0.15, -0.1) is 0 Å². The highest BCUT2D eigenvalue weighted by Gasteiger charge is 2.29. The van der Waals surface area contributed by atoms with Crippen molar-refractivity contribution in [3.63, 3.8) is 0 Å². The summed E-state index contributed by atoms with van der Waals surface area (Å²) in [7, 11) is 1.54. The van der Waals surface area contributed by atoms with Gasteiger partial charge in [0.05, 0.1) is 7.11 Å². The standard InChI is InChI=1S/C15H12F3NO2S/c1-21-12-6-4-11(5-7-12)19-14(20)10-2-8-13(9-3-10)22-15(16,17)18/h2-9H,1H3,(H,19,20). The molecule has 0 saturated heterocycles. The Labute approximate surface area is 129 Å². The first-order valence-corrected chi connectivity index (χ1v) is 7.00. The predicted molar refractivity (Wildman–Crippen MR) is 79.3 cm³/mol. The highest BCUT2D eigenvalue weighted by molar-refractivity contribution is 8.00. The number of hydrogen-bond donors (Lipinski definition) is 1. The molecule has 0 fully saturated rings. The Kier molecular flexibility index (Phi) is 4.97. The van der Waals surface area contributed by atoms with Crippen LogP contribution >= 0.6 is 11.8 Å². The second-order valence-electron chi connectivity index (χ2n) is 4.25. The Hall–Kier alpha value is -2.15. The molecule has 0 bridgehead atoms. The molecule has 2 aromatic rings. The monoisotopic (exact) mass is 327 g/mol. The van der Waals surface area contributed by atoms with Crippen LogP contribution in [0.5, 0.6) is 5.75 Å². The van der Waals surface area contributed by atoms with Crippen LogP contribution in [-0.2, 0) is 0 Å². The van der Waals surface area contributed by atoms with Crippen LogP contribution in [0, 0.1) is 0 Å². The summed E-state index contributed by atoms with van der Waals surface area (Å²) in [5, 5.41) is 2.65. The molecule has 116 valence electrons. The first-order chi connectivity index (χ1) is 10.4. The molecule has 0 heterocycles. The molecule has 0 aliphatic heterocycles. The summed E-state index contributed by atoms with van der Waals surface area (Å²) >= 11 is -0.216. The van der Waals surface area contributed by atoms with E-state index in [1.807, 2.05) is 0 Å². The van der Waals surface area contributed by atoms with E-state index in [4.69, 9.17) is 4.74 Å². The molecule has 0 aliphatic rings. The summed E-state index contributed by atoms with van der Waals surface area (Å²) in [6.07, 6.45) is 0. The lowest BCUT2D eigenvalue weighted by atomic mass is 10.2. The van der Waals surface area contributed by atoms with Gasteiger partial charge in [0.25, 0.3) is 5.91 Å². The number of hydrogen-bond acceptors (Lipinski definition) is 3. The number of amides is 1. The fraction of sp³-hybridized carbons (Fsp3) is 0.133. The second-order valence-corrected chi connectivity index (χ2v) is 5.39. The second kappa shape index (κ2) is 6.74. The molecular formula is C15H12F3NO2S. The summed E-state index contributed by atoms with van der Waals surface area (Å²) in [6, 6.07) is 12.0. The molecule has 0 aliphatic carbocycles. The Bertz CT molecular complexity index is 639. The molecule has 7 heteroatoms. The molecule has 0 unspecified atom stereocenters. The normalized spacial score (nSPS) is 11.1. The molecule has 0 saturated carbocycles. The first-order valence-electron chi connectivity index (χ1n) is 6.18. The number of anilines is 1. The number of benzene rings is 2. The third kappa shape index (κ3) is 4.70. The van der Waals surface area contributed by atoms with E-state index in [0.717, 1.165) is 0 Å². The average molecular weight is 327 g/mol. The summed E-state index contributed by atoms with van der Waals surface area (Å²) in [6.45, 7) is 0. The number of alkyl halides is 3. The molecule has 0 spiro atoms. The third-order valence-corrected chi connectivity index (χ3v) is 3.44. The van der Waals surface area contributed by atoms with Crippen LogP contribution in [0.4, 0.5) is 18.9 Å². The van der Waals surface area contributed by atoms with Gasteiger partial charge in [0.15, 0.2) is 0 Å². The van der Waals surface area contributed by atoms with E-state index in [1.54, 1.807) is 24.3 Å². The molecule has 3 nitrogen and oxygen atoms in total. The molecular weight excluding hydrogens is 315 g/mol. The van der Waals surface area contributed by atoms with E-state index in [0.29, 0.717) is 11.4 Å². The summed E-state index contributed by atoms with van der Waals surface area (Å²) < 4.78 is 41.7. The largest absolute Gasteiger partial charge is 0.497 e. The smallest absolute Gasteiger partial charge is 0.446 e. The lowest BCUT2D eigenvalue weighted by Gasteiger charge is -2.08. The van der Waals surface area contributed by atoms with Gasteiger partial charge in [-0.25, -0.2) is 0 Å². The van der Waals surface area contributed by atoms with Gasteiger partial charge in [-0.3, -0.25) is 4.79 Å². The number of carbonyl (C=O) groups is 1. The fourth-order valence-corrected chi connectivity index (χ4v) is 2.23. The van der Waals surface area contributed by atoms with Crippen LogP contribution in [0.3, 0.4) is 0 Å². The van der Waals surface area contributed by atoms with Crippen LogP contribution < -0.4 is 10.1 Å². The lowest BCUT2D eigenvalue weighted by Crippen LogP contribution is -2.11. The van der Waals surface area contributed by atoms with Gasteiger partial charge in [-0.05, 0) is 60.3 Å². The minimum Gasteiger partial charge on any atom is -0.497 e. The molecule has 1 N–H and O–H groups in total. The van der Waals surface area contributed by atoms with Crippen molar-refractivity contribution in [3.05, 3.63) is 54.1 Å². The van der Waals surface area contributed by atoms with Gasteiger partial charge in [0.1, 0.15) is 5.75 Å². The van der Waals surface area contributed by atoms with Gasteiger partial charge in [0.2, 0.25) is 0 Å². The SMILES string of the molecule is COc1ccc(NC(=O)c2ccc(SC(F)(F)F)cc2)cc1. The van der Waals surface area contributed by atoms with E-state index >= 15 is 0 Å². The van der Waals surface area contributed by atoms with Gasteiger partial charge in [0, 0.05) is 16.1 Å². The number of halogens is 3. The quantitative estimate of drug-likeness (QED) is 0.837. The maximum atomic E-state index is 12.2. The minimum atomic E-state index is -4.34. The Morgan fingerprint density at radius 1 is 1.05 bits per heavy atom. The Balaban J connectivity index is 2.03. The van der Waals surface area contributed by atoms with Crippen molar-refractivity contribution >= 4 is 23.4 Å². The van der Waals surface area contributed by atoms with Crippen molar-refractivity contribution in [1.82, 2.24) is 0 Å². The maximum Gasteiger partial charge on any atom is 0.446 e. The molecule has 22 heavy (non-hydrogen) atoms. The number of methoxy groups -OCH3 is 1. The van der Waals surface area contributed by atoms with E-state index in [1.165, 1.54) is 31.4 Å². The average Bonchev–Trinajstić information content (AvgIpc) is 2.47. The van der Waals surface area contributed by atoms with Crippen molar-refractivity contribution in [3.8, 4) is 5.75 Å². The Morgan fingerprint density at radius 2 is 1.64 bits per heavy atom. The number of ether oxygens (including phenoxy) is 1. The highest BCUT2D eigenvalue weighted by atomic mass is 32.2. The highest BCUT2D eigenvalue weighted by Crippen LogP contribution is 2.36. The van der Waals surface area contributed by atoms with Crippen LogP contribution in [0.1, 0.15) is 10.4 Å². The summed E-state index contributed by atoms with van der Waals surface area (Å²) in [5.74, 6) is 0.264. The first kappa shape index (κ1) is 16.2. The van der Waals surface area contributed by atoms with Gasteiger partial charge >= 0.3 is 5.51 Å². The molecule has 2 aromatic carbocycles. The van der Waals surface area contributed by atoms with Crippen molar-refractivity contribution in [1.29, 1.82) is 0 Å². The van der Waals surface area contributed by atoms with Crippen LogP contribution in [0.2, 0.25) is 0 Å². The van der Waals surface area contributed by atoms with Crippen LogP contribution in [0.15, 0.2) is 53.4 Å². The molecule has 0 atom stereocenters. The van der Waals surface area contributed by atoms with Crippen molar-refractivity contribution < 1.29 is 22.7 Å². The lowest BCUT2D eigenvalue weighted by molar-refractivity contribution is -0.0328. The van der Waals surface area contributed by atoms with Crippen molar-refractivity contribution in [2.75, 3.05) is 12.4 Å². The zero-order chi connectivity index (χ0) is 16.2. The zero-order valence-electron chi connectivity index (χ0n) is 11.5. The topological polar surface area (TPSA) is 38.3 Å². The maximum absolute atomic E-state index is 12.2. The van der Waals surface area contributed by atoms with Gasteiger partial charge < -0.3 is 10.1 Å². The Morgan fingerprint density at radius 3 is 2.14 bits per heavy atom. The van der Waals surface area contributed by atoms with E-state index < -0.39 is 11.4 Å². The number of carbonyl (C=O) groups excluding carboxylic acids is 1. The third-order valence-electron chi connectivity index (χ3n) is 2.70. The zero-order valence-corrected chi connectivity index (χ0v) is 12.3. The van der Waals surface area contributed by atoms with Crippen molar-refractivity contribution in [2.24, 2.45) is 0 Å². The summed E-state index contributed by atoms with van der Waals surface area (Å²) in [5.41, 5.74) is -3.49. The number of nitrogens with one attached hydrogen (secondary N) is 1. The fourth-order valence-electron chi connectivity index (χ4n) is 1.69. The molecule has 1 amide bonds. The van der Waals surface area contributed by atoms with E-state index in [-0.39, 0.29) is 22.2 Å². The van der Waals surface area contributed by atoms with Crippen LogP contribution in [-0.4, -0.2) is 18.5 Å².